The summed E-state index contributed by atoms with van der Waals surface area (Å²) in [7, 11) is -3.53. The molecule has 2 heterocycles. The van der Waals surface area contributed by atoms with Crippen molar-refractivity contribution < 1.29 is 13.2 Å². The molecule has 7 nitrogen and oxygen atoms in total. The smallest absolute Gasteiger partial charge is 0.244 e. The van der Waals surface area contributed by atoms with Crippen LogP contribution in [0.4, 0.5) is 0 Å². The second-order valence-corrected chi connectivity index (χ2v) is 8.65. The Morgan fingerprint density at radius 3 is 2.44 bits per heavy atom. The quantitative estimate of drug-likeness (QED) is 0.780. The highest BCUT2D eigenvalue weighted by molar-refractivity contribution is 7.89. The third-order valence-electron chi connectivity index (χ3n) is 4.37. The van der Waals surface area contributed by atoms with E-state index in [1.807, 2.05) is 17.0 Å². The van der Waals surface area contributed by atoms with Gasteiger partial charge in [0, 0.05) is 50.1 Å². The zero-order valence-electron chi connectivity index (χ0n) is 14.7. The van der Waals surface area contributed by atoms with Crippen LogP contribution in [0.25, 0.3) is 0 Å². The van der Waals surface area contributed by atoms with Crippen LogP contribution in [0.2, 0.25) is 5.02 Å². The van der Waals surface area contributed by atoms with E-state index >= 15 is 0 Å². The molecule has 0 unspecified atom stereocenters. The third-order valence-corrected chi connectivity index (χ3v) is 6.51. The highest BCUT2D eigenvalue weighted by Crippen LogP contribution is 2.16. The number of sulfonamides is 1. The Hall–Kier alpha value is -2.00. The standard InChI is InChI=1S/C18H21ClN4O3S/c19-16-5-3-15(4-6-16)12-21-18(24)14-22-8-10-23(11-9-22)27(25,26)17-2-1-7-20-13-17/h1-7,13H,8-12,14H2,(H,21,24). The van der Waals surface area contributed by atoms with Gasteiger partial charge in [-0.1, -0.05) is 23.7 Å². The molecular weight excluding hydrogens is 388 g/mol. The van der Waals surface area contributed by atoms with E-state index < -0.39 is 10.0 Å². The fourth-order valence-corrected chi connectivity index (χ4v) is 4.35. The summed E-state index contributed by atoms with van der Waals surface area (Å²) in [6.07, 6.45) is 2.89. The number of amides is 1. The Balaban J connectivity index is 1.46. The largest absolute Gasteiger partial charge is 0.351 e. The lowest BCUT2D eigenvalue weighted by Gasteiger charge is -2.33. The number of halogens is 1. The summed E-state index contributed by atoms with van der Waals surface area (Å²) in [5.74, 6) is -0.0893. The fourth-order valence-electron chi connectivity index (χ4n) is 2.84. The van der Waals surface area contributed by atoms with E-state index in [1.165, 1.54) is 10.5 Å². The van der Waals surface area contributed by atoms with Crippen molar-refractivity contribution in [2.45, 2.75) is 11.4 Å². The Labute approximate surface area is 164 Å². The van der Waals surface area contributed by atoms with E-state index in [-0.39, 0.29) is 17.3 Å². The lowest BCUT2D eigenvalue weighted by Crippen LogP contribution is -2.50. The maximum atomic E-state index is 12.6. The van der Waals surface area contributed by atoms with Crippen molar-refractivity contribution in [3.05, 3.63) is 59.4 Å². The number of nitrogens with one attached hydrogen (secondary N) is 1. The van der Waals surface area contributed by atoms with Crippen LogP contribution in [0.1, 0.15) is 5.56 Å². The van der Waals surface area contributed by atoms with Crippen molar-refractivity contribution in [3.8, 4) is 0 Å². The Morgan fingerprint density at radius 2 is 1.81 bits per heavy atom. The van der Waals surface area contributed by atoms with Crippen LogP contribution in [0.5, 0.6) is 0 Å². The van der Waals surface area contributed by atoms with Gasteiger partial charge in [0.05, 0.1) is 6.54 Å². The van der Waals surface area contributed by atoms with Gasteiger partial charge in [0.25, 0.3) is 0 Å². The van der Waals surface area contributed by atoms with Crippen molar-refractivity contribution in [2.24, 2.45) is 0 Å². The molecule has 1 amide bonds. The summed E-state index contributed by atoms with van der Waals surface area (Å²) in [4.78, 5) is 18.2. The van der Waals surface area contributed by atoms with Gasteiger partial charge in [-0.3, -0.25) is 14.7 Å². The first-order chi connectivity index (χ1) is 12.9. The minimum Gasteiger partial charge on any atom is -0.351 e. The van der Waals surface area contributed by atoms with Crippen molar-refractivity contribution in [3.63, 3.8) is 0 Å². The first kappa shape index (κ1) is 19.8. The average Bonchev–Trinajstić information content (AvgIpc) is 2.69. The molecule has 0 atom stereocenters. The minimum atomic E-state index is -3.53. The first-order valence-corrected chi connectivity index (χ1v) is 10.4. The molecule has 0 bridgehead atoms. The number of hydrogen-bond donors (Lipinski definition) is 1. The zero-order valence-corrected chi connectivity index (χ0v) is 16.3. The Bertz CT molecular complexity index is 867. The molecule has 9 heteroatoms. The summed E-state index contributed by atoms with van der Waals surface area (Å²) in [6.45, 7) is 2.39. The second kappa shape index (κ2) is 8.79. The highest BCUT2D eigenvalue weighted by atomic mass is 35.5. The van der Waals surface area contributed by atoms with Gasteiger partial charge in [0.1, 0.15) is 4.90 Å². The Kier molecular flexibility index (Phi) is 6.43. The number of aromatic nitrogens is 1. The molecule has 27 heavy (non-hydrogen) atoms. The highest BCUT2D eigenvalue weighted by Gasteiger charge is 2.29. The molecule has 1 aromatic carbocycles. The van der Waals surface area contributed by atoms with E-state index in [4.69, 9.17) is 11.6 Å². The molecule has 0 spiro atoms. The lowest BCUT2D eigenvalue weighted by molar-refractivity contribution is -0.122. The van der Waals surface area contributed by atoms with E-state index in [2.05, 4.69) is 10.3 Å². The molecule has 0 aliphatic carbocycles. The lowest BCUT2D eigenvalue weighted by atomic mass is 10.2. The minimum absolute atomic E-state index is 0.0893. The normalized spacial score (nSPS) is 16.2. The van der Waals surface area contributed by atoms with Crippen LogP contribution in [-0.2, 0) is 21.4 Å². The summed E-state index contributed by atoms with van der Waals surface area (Å²) >= 11 is 5.84. The van der Waals surface area contributed by atoms with Gasteiger partial charge < -0.3 is 5.32 Å². The molecule has 1 aliphatic heterocycles. The van der Waals surface area contributed by atoms with Gasteiger partial charge in [0.15, 0.2) is 0 Å². The van der Waals surface area contributed by atoms with Crippen LogP contribution in [0.15, 0.2) is 53.7 Å². The van der Waals surface area contributed by atoms with Crippen molar-refractivity contribution in [1.29, 1.82) is 0 Å². The number of carbonyl (C=O) groups is 1. The predicted octanol–water partition coefficient (Wildman–Crippen LogP) is 1.36. The molecule has 0 saturated carbocycles. The summed E-state index contributed by atoms with van der Waals surface area (Å²) in [5.41, 5.74) is 0.972. The van der Waals surface area contributed by atoms with E-state index in [0.717, 1.165) is 5.56 Å². The second-order valence-electron chi connectivity index (χ2n) is 6.27. The maximum absolute atomic E-state index is 12.6. The number of benzene rings is 1. The maximum Gasteiger partial charge on any atom is 0.244 e. The number of rotatable bonds is 6. The molecule has 1 fully saturated rings. The summed E-state index contributed by atoms with van der Waals surface area (Å²) < 4.78 is 26.6. The molecule has 1 saturated heterocycles. The predicted molar refractivity (Wildman–Crippen MR) is 103 cm³/mol. The molecule has 0 radical (unpaired) electrons. The summed E-state index contributed by atoms with van der Waals surface area (Å²) in [6, 6.07) is 10.4. The van der Waals surface area contributed by atoms with Gasteiger partial charge >= 0.3 is 0 Å². The van der Waals surface area contributed by atoms with Gasteiger partial charge in [-0.05, 0) is 29.8 Å². The number of pyridine rings is 1. The van der Waals surface area contributed by atoms with Crippen molar-refractivity contribution in [2.75, 3.05) is 32.7 Å². The van der Waals surface area contributed by atoms with Crippen LogP contribution < -0.4 is 5.32 Å². The molecule has 144 valence electrons. The number of piperazine rings is 1. The van der Waals surface area contributed by atoms with Crippen LogP contribution in [0, 0.1) is 0 Å². The molecule has 1 aliphatic rings. The molecule has 1 N–H and O–H groups in total. The van der Waals surface area contributed by atoms with Gasteiger partial charge in [-0.15, -0.1) is 0 Å². The van der Waals surface area contributed by atoms with Crippen LogP contribution in [-0.4, -0.2) is 61.2 Å². The number of hydrogen-bond acceptors (Lipinski definition) is 5. The monoisotopic (exact) mass is 408 g/mol. The average molecular weight is 409 g/mol. The zero-order chi connectivity index (χ0) is 19.3. The topological polar surface area (TPSA) is 82.6 Å². The number of nitrogens with zero attached hydrogens (tertiary/aromatic N) is 3. The van der Waals surface area contributed by atoms with E-state index in [9.17, 15) is 13.2 Å². The molecule has 3 rings (SSSR count). The summed E-state index contributed by atoms with van der Waals surface area (Å²) in [5, 5.41) is 3.53. The van der Waals surface area contributed by atoms with E-state index in [0.29, 0.717) is 37.7 Å². The van der Waals surface area contributed by atoms with Crippen molar-refractivity contribution >= 4 is 27.5 Å². The fraction of sp³-hybridized carbons (Fsp3) is 0.333. The van der Waals surface area contributed by atoms with Crippen molar-refractivity contribution in [1.82, 2.24) is 19.5 Å². The van der Waals surface area contributed by atoms with E-state index in [1.54, 1.807) is 30.5 Å². The number of carbonyl (C=O) groups excluding carboxylic acids is 1. The van der Waals surface area contributed by atoms with Crippen LogP contribution in [0.3, 0.4) is 0 Å². The van der Waals surface area contributed by atoms with Crippen LogP contribution >= 0.6 is 11.6 Å². The molecule has 2 aromatic rings. The van der Waals surface area contributed by atoms with Gasteiger partial charge in [0.2, 0.25) is 15.9 Å². The molecular formula is C18H21ClN4O3S. The third kappa shape index (κ3) is 5.26. The Morgan fingerprint density at radius 1 is 1.11 bits per heavy atom. The van der Waals surface area contributed by atoms with Gasteiger partial charge in [-0.25, -0.2) is 8.42 Å². The first-order valence-electron chi connectivity index (χ1n) is 8.59. The molecule has 1 aromatic heterocycles. The van der Waals surface area contributed by atoms with Gasteiger partial charge in [-0.2, -0.15) is 4.31 Å². The SMILES string of the molecule is O=C(CN1CCN(S(=O)(=O)c2cccnc2)CC1)NCc1ccc(Cl)cc1.